The molecular formula is C65H89N13O16S. The summed E-state index contributed by atoms with van der Waals surface area (Å²) in [5, 5.41) is 112. The number of benzene rings is 2. The maximum atomic E-state index is 14.7. The third-order valence-electron chi connectivity index (χ3n) is 19.4. The average molecular weight is 1340 g/mol. The number of nitrogens with zero attached hydrogens (tertiary/aromatic N) is 7. The van der Waals surface area contributed by atoms with Crippen LogP contribution in [-0.4, -0.2) is 237 Å². The number of primary amides is 1. The van der Waals surface area contributed by atoms with Crippen molar-refractivity contribution in [3.8, 4) is 33.2 Å². The second-order valence-electron chi connectivity index (χ2n) is 26.5. The van der Waals surface area contributed by atoms with Crippen LogP contribution in [0.3, 0.4) is 0 Å². The number of β-amino-alcohol motifs (C(OH)–C–C–N with tert-alkyl or cyclic N) is 1. The molecule has 516 valence electrons. The molecule has 0 bridgehead atoms. The van der Waals surface area contributed by atoms with E-state index in [2.05, 4.69) is 41.7 Å². The number of amides is 7. The Hall–Kier alpha value is -7.55. The molecule has 10 rings (SSSR count). The number of hydrogen-bond donors (Lipinski definition) is 14. The van der Waals surface area contributed by atoms with Gasteiger partial charge in [0.15, 0.2) is 11.5 Å². The van der Waals surface area contributed by atoms with Crippen LogP contribution in [0.2, 0.25) is 0 Å². The molecule has 30 heteroatoms. The van der Waals surface area contributed by atoms with Crippen LogP contribution in [0.15, 0.2) is 54.9 Å². The van der Waals surface area contributed by atoms with Gasteiger partial charge in [0.2, 0.25) is 47.3 Å². The highest BCUT2D eigenvalue weighted by Crippen LogP contribution is 2.39. The molecule has 0 unspecified atom stereocenters. The van der Waals surface area contributed by atoms with Crippen LogP contribution in [0.25, 0.3) is 21.7 Å². The Balaban J connectivity index is 0.815. The summed E-state index contributed by atoms with van der Waals surface area (Å²) in [6.07, 6.45) is 2.91. The van der Waals surface area contributed by atoms with Gasteiger partial charge in [-0.3, -0.25) is 33.6 Å². The van der Waals surface area contributed by atoms with Gasteiger partial charge in [-0.2, -0.15) is 0 Å². The molecule has 6 heterocycles. The second kappa shape index (κ2) is 31.5. The number of aliphatic hydroxyl groups is 6. The molecule has 29 nitrogen and oxygen atoms in total. The predicted molar refractivity (Wildman–Crippen MR) is 343 cm³/mol. The number of hydrogen-bond acceptors (Lipinski definition) is 23. The standard InChI is InChI=1S/C65H89N13O16S/c1-33-31-78-55(56(33)87)60(91)68-30-41(80)24-45(67-27-35-8-11-38(12-9-35)61-74-75-62(95-61)39-15-13-37(14-16-39)40-28-69-65(70-29-40)76-20-18-44(19-21-76)94-43-6-4-3-5-7-43)57(88)71-52(34(2)79)63(92)77-32-42(81)25-46(77)58(89)72-53(49(84)23-36-10-17-47(82)48(83)22-36)59(90)73-54(64(78)93)50(85)26-51(66)86/h10,13-17,22,28-29,33-35,38,41-46,49-50,52-56,67,79-85,87H,3-9,11-12,18-21,23-27,30-32H2,1-2H3,(H2,66,86)(H,68,91)(H,71,88)(H,72,89)(H,73,90)/t33-,34+,35-,38-,41+,42+,45-,46-,49+,50+,52-,53-,54-,55-,56-/m0/s1. The first-order chi connectivity index (χ1) is 45.5. The Kier molecular flexibility index (Phi) is 23.3. The Morgan fingerprint density at radius 2 is 1.36 bits per heavy atom. The Morgan fingerprint density at radius 1 is 0.705 bits per heavy atom. The zero-order valence-corrected chi connectivity index (χ0v) is 54.1. The normalized spacial score (nSPS) is 29.3. The third-order valence-corrected chi connectivity index (χ3v) is 20.5. The Morgan fingerprint density at radius 3 is 2.03 bits per heavy atom. The monoisotopic (exact) mass is 1340 g/mol. The lowest BCUT2D eigenvalue weighted by atomic mass is 9.82. The number of phenolic OH excluding ortho intramolecular Hbond substituents is 2. The van der Waals surface area contributed by atoms with Crippen molar-refractivity contribution in [1.29, 1.82) is 0 Å². The molecule has 13 atom stereocenters. The smallest absolute Gasteiger partial charge is 0.248 e. The number of carbonyl (C=O) groups is 7. The lowest BCUT2D eigenvalue weighted by Gasteiger charge is -2.34. The number of aromatic nitrogens is 4. The molecule has 4 aromatic rings. The molecular weight excluding hydrogens is 1250 g/mol. The van der Waals surface area contributed by atoms with Gasteiger partial charge in [0.05, 0.1) is 61.3 Å². The number of aromatic hydroxyl groups is 2. The van der Waals surface area contributed by atoms with Crippen LogP contribution in [0.1, 0.15) is 120 Å². The van der Waals surface area contributed by atoms with Gasteiger partial charge in [0.25, 0.3) is 0 Å². The molecule has 2 aromatic carbocycles. The van der Waals surface area contributed by atoms with E-state index in [1.165, 1.54) is 63.4 Å². The number of piperidine rings is 1. The highest BCUT2D eigenvalue weighted by atomic mass is 32.1. The summed E-state index contributed by atoms with van der Waals surface area (Å²) in [7, 11) is 0. The van der Waals surface area contributed by atoms with Gasteiger partial charge in [-0.25, -0.2) is 9.97 Å². The van der Waals surface area contributed by atoms with Crippen molar-refractivity contribution in [3.63, 3.8) is 0 Å². The zero-order chi connectivity index (χ0) is 67.8. The Labute approximate surface area is 553 Å². The molecule has 0 spiro atoms. The number of phenols is 2. The van der Waals surface area contributed by atoms with Crippen molar-refractivity contribution in [2.45, 2.75) is 201 Å². The van der Waals surface area contributed by atoms with Gasteiger partial charge in [-0.05, 0) is 100 Å². The lowest BCUT2D eigenvalue weighted by molar-refractivity contribution is -0.147. The van der Waals surface area contributed by atoms with Crippen molar-refractivity contribution in [2.24, 2.45) is 17.6 Å². The molecule has 6 aliphatic rings. The fraction of sp³-hybridized carbons (Fsp3) is 0.615. The van der Waals surface area contributed by atoms with E-state index in [4.69, 9.17) is 20.4 Å². The van der Waals surface area contributed by atoms with Crippen LogP contribution >= 0.6 is 11.3 Å². The van der Waals surface area contributed by atoms with Crippen LogP contribution in [-0.2, 0) is 44.7 Å². The van der Waals surface area contributed by atoms with Crippen molar-refractivity contribution in [1.82, 2.24) is 56.5 Å². The maximum Gasteiger partial charge on any atom is 0.248 e. The van der Waals surface area contributed by atoms with E-state index in [0.717, 1.165) is 93.4 Å². The topological polar surface area (TPSA) is 438 Å². The van der Waals surface area contributed by atoms with Crippen molar-refractivity contribution in [2.75, 3.05) is 44.2 Å². The summed E-state index contributed by atoms with van der Waals surface area (Å²) in [6, 6.07) is 0.820. The summed E-state index contributed by atoms with van der Waals surface area (Å²) < 4.78 is 6.44. The molecule has 0 radical (unpaired) electrons. The maximum absolute atomic E-state index is 14.7. The minimum Gasteiger partial charge on any atom is -0.504 e. The van der Waals surface area contributed by atoms with Gasteiger partial charge >= 0.3 is 0 Å². The fourth-order valence-electron chi connectivity index (χ4n) is 13.9. The third kappa shape index (κ3) is 17.4. The quantitative estimate of drug-likeness (QED) is 0.0620. The molecule has 2 aromatic heterocycles. The number of aliphatic hydroxyl groups excluding tert-OH is 6. The molecule has 6 fully saturated rings. The van der Waals surface area contributed by atoms with E-state index in [1.807, 2.05) is 36.7 Å². The van der Waals surface area contributed by atoms with E-state index in [0.29, 0.717) is 18.9 Å². The number of carbonyl (C=O) groups excluding carboxylic acids is 7. The minimum absolute atomic E-state index is 0.00738. The van der Waals surface area contributed by atoms with Gasteiger partial charge < -0.3 is 92.6 Å². The highest BCUT2D eigenvalue weighted by Gasteiger charge is 2.50. The number of nitrogens with one attached hydrogen (secondary N) is 5. The van der Waals surface area contributed by atoms with Crippen molar-refractivity contribution >= 4 is 58.6 Å². The van der Waals surface area contributed by atoms with E-state index < -0.39 is 170 Å². The van der Waals surface area contributed by atoms with Gasteiger partial charge in [0.1, 0.15) is 40.2 Å². The SMILES string of the molecule is C[C@@H](O)[C@@H]1NC(=O)[C@@H](NC[C@H]2CC[C@H](c3nnc(-c4ccc(-c5cnc(N6CCC(OC7CCCCC7)CC6)nc5)cc4)s3)CC2)C[C@@H](O)CNC(=O)[C@@H]2[C@@H](O)[C@@H](C)CN2C(=O)[C@H]([C@H](O)CC(N)=O)NC(=O)[C@H]([C@H](O)Cc2ccc(O)c(O)c2)NC(=O)[C@@H]2C[C@@H](O)CN2C1=O. The van der Waals surface area contributed by atoms with Gasteiger partial charge in [-0.15, -0.1) is 10.2 Å². The molecule has 15 N–H and O–H groups in total. The highest BCUT2D eigenvalue weighted by molar-refractivity contribution is 7.14. The first-order valence-corrected chi connectivity index (χ1v) is 33.9. The zero-order valence-electron chi connectivity index (χ0n) is 53.3. The molecule has 4 aliphatic heterocycles. The second-order valence-corrected chi connectivity index (χ2v) is 27.5. The fourth-order valence-corrected chi connectivity index (χ4v) is 14.9. The first-order valence-electron chi connectivity index (χ1n) is 33.1. The van der Waals surface area contributed by atoms with Crippen LogP contribution in [0.4, 0.5) is 5.95 Å². The molecule has 2 aliphatic carbocycles. The van der Waals surface area contributed by atoms with E-state index in [-0.39, 0.29) is 36.6 Å². The number of fused-ring (bicyclic) bond motifs is 2. The van der Waals surface area contributed by atoms with Crippen LogP contribution in [0.5, 0.6) is 11.5 Å². The molecule has 2 saturated carbocycles. The molecule has 95 heavy (non-hydrogen) atoms. The molecule has 7 amide bonds. The number of rotatable bonds is 16. The molecule has 4 saturated heterocycles. The predicted octanol–water partition coefficient (Wildman–Crippen LogP) is -0.651. The number of nitrogens with two attached hydrogens (primary N) is 1. The van der Waals surface area contributed by atoms with Crippen molar-refractivity contribution < 1.29 is 79.2 Å². The van der Waals surface area contributed by atoms with Crippen LogP contribution < -0.4 is 37.2 Å². The Bertz CT molecular complexity index is 3330. The minimum atomic E-state index is -2.15. The van der Waals surface area contributed by atoms with Gasteiger partial charge in [-0.1, -0.05) is 67.9 Å². The van der Waals surface area contributed by atoms with Gasteiger partial charge in [0, 0.05) is 80.9 Å². The number of anilines is 1. The lowest BCUT2D eigenvalue weighted by Crippen LogP contribution is -2.64. The largest absolute Gasteiger partial charge is 0.504 e. The van der Waals surface area contributed by atoms with E-state index in [9.17, 15) is 74.4 Å². The summed E-state index contributed by atoms with van der Waals surface area (Å²) in [4.78, 5) is 113. The summed E-state index contributed by atoms with van der Waals surface area (Å²) in [5.41, 5.74) is 8.32. The average Bonchev–Trinajstić information content (AvgIpc) is 1.68. The summed E-state index contributed by atoms with van der Waals surface area (Å²) in [6.45, 7) is 3.30. The van der Waals surface area contributed by atoms with Crippen molar-refractivity contribution in [3.05, 3.63) is 65.4 Å². The number of ether oxygens (including phenoxy) is 1. The summed E-state index contributed by atoms with van der Waals surface area (Å²) in [5.74, 6) is -8.84. The first kappa shape index (κ1) is 70.3. The van der Waals surface area contributed by atoms with Crippen LogP contribution in [0, 0.1) is 11.8 Å². The summed E-state index contributed by atoms with van der Waals surface area (Å²) >= 11 is 1.53. The van der Waals surface area contributed by atoms with E-state index >= 15 is 0 Å². The van der Waals surface area contributed by atoms with E-state index in [1.54, 1.807) is 0 Å².